The predicted octanol–water partition coefficient (Wildman–Crippen LogP) is 2.84. The Hall–Kier alpha value is -1.50. The number of nitriles is 1. The number of aromatic nitrogens is 2. The van der Waals surface area contributed by atoms with Crippen LogP contribution in [0.1, 0.15) is 44.4 Å². The molecule has 1 aliphatic rings. The van der Waals surface area contributed by atoms with Crippen LogP contribution in [0.2, 0.25) is 0 Å². The summed E-state index contributed by atoms with van der Waals surface area (Å²) in [5, 5.41) is 17.1. The van der Waals surface area contributed by atoms with Gasteiger partial charge in [0.1, 0.15) is 17.5 Å². The van der Waals surface area contributed by atoms with Crippen molar-refractivity contribution in [3.05, 3.63) is 11.3 Å². The standard InChI is InChI=1S/C14H22N4/c1-9-5-6-13(10(2)7-9)16-14-12(8-15)11(3)17-18(14)4/h9-10,13,16H,5-7H2,1-4H3. The molecule has 0 aliphatic heterocycles. The molecule has 0 saturated heterocycles. The van der Waals surface area contributed by atoms with Crippen molar-refractivity contribution in [2.45, 2.75) is 46.1 Å². The molecule has 1 saturated carbocycles. The van der Waals surface area contributed by atoms with E-state index in [1.54, 1.807) is 4.68 Å². The lowest BCUT2D eigenvalue weighted by Crippen LogP contribution is -2.33. The highest BCUT2D eigenvalue weighted by Crippen LogP contribution is 2.31. The van der Waals surface area contributed by atoms with Crippen LogP contribution in [0.4, 0.5) is 5.82 Å². The quantitative estimate of drug-likeness (QED) is 0.873. The first-order valence-electron chi connectivity index (χ1n) is 6.73. The maximum absolute atomic E-state index is 9.21. The van der Waals surface area contributed by atoms with E-state index in [0.29, 0.717) is 17.5 Å². The fourth-order valence-corrected chi connectivity index (χ4v) is 3.01. The summed E-state index contributed by atoms with van der Waals surface area (Å²) in [6, 6.07) is 2.71. The van der Waals surface area contributed by atoms with Crippen molar-refractivity contribution in [1.82, 2.24) is 9.78 Å². The average Bonchev–Trinajstić information content (AvgIpc) is 2.57. The minimum absolute atomic E-state index is 0.461. The van der Waals surface area contributed by atoms with E-state index in [0.717, 1.165) is 17.4 Å². The van der Waals surface area contributed by atoms with Gasteiger partial charge in [-0.1, -0.05) is 13.8 Å². The van der Waals surface area contributed by atoms with Gasteiger partial charge in [0.05, 0.1) is 5.69 Å². The maximum Gasteiger partial charge on any atom is 0.142 e. The van der Waals surface area contributed by atoms with Gasteiger partial charge < -0.3 is 5.32 Å². The minimum atomic E-state index is 0.461. The van der Waals surface area contributed by atoms with Gasteiger partial charge in [0, 0.05) is 13.1 Å². The van der Waals surface area contributed by atoms with Crippen LogP contribution in [0, 0.1) is 30.1 Å². The first-order chi connectivity index (χ1) is 8.52. The molecule has 2 rings (SSSR count). The maximum atomic E-state index is 9.21. The van der Waals surface area contributed by atoms with E-state index in [4.69, 9.17) is 0 Å². The van der Waals surface area contributed by atoms with Gasteiger partial charge >= 0.3 is 0 Å². The fraction of sp³-hybridized carbons (Fsp3) is 0.714. The van der Waals surface area contributed by atoms with Crippen molar-refractivity contribution in [1.29, 1.82) is 5.26 Å². The second kappa shape index (κ2) is 5.01. The summed E-state index contributed by atoms with van der Waals surface area (Å²) in [5.41, 5.74) is 1.49. The lowest BCUT2D eigenvalue weighted by molar-refractivity contribution is 0.275. The summed E-state index contributed by atoms with van der Waals surface area (Å²) in [4.78, 5) is 0. The highest BCUT2D eigenvalue weighted by Gasteiger charge is 2.27. The molecule has 1 fully saturated rings. The summed E-state index contributed by atoms with van der Waals surface area (Å²) >= 11 is 0. The average molecular weight is 246 g/mol. The fourth-order valence-electron chi connectivity index (χ4n) is 3.01. The van der Waals surface area contributed by atoms with Crippen molar-refractivity contribution in [2.24, 2.45) is 18.9 Å². The number of rotatable bonds is 2. The van der Waals surface area contributed by atoms with Crippen LogP contribution in [-0.4, -0.2) is 15.8 Å². The molecular formula is C14H22N4. The van der Waals surface area contributed by atoms with Gasteiger partial charge in [0.15, 0.2) is 0 Å². The van der Waals surface area contributed by atoms with Crippen LogP contribution in [0.5, 0.6) is 0 Å². The Kier molecular flexibility index (Phi) is 3.60. The molecule has 0 radical (unpaired) electrons. The largest absolute Gasteiger partial charge is 0.366 e. The Balaban J connectivity index is 2.17. The Morgan fingerprint density at radius 1 is 1.39 bits per heavy atom. The van der Waals surface area contributed by atoms with Crippen molar-refractivity contribution >= 4 is 5.82 Å². The molecule has 1 heterocycles. The molecule has 1 aliphatic carbocycles. The third-order valence-electron chi connectivity index (χ3n) is 4.09. The summed E-state index contributed by atoms with van der Waals surface area (Å²) in [7, 11) is 1.90. The third kappa shape index (κ3) is 2.35. The summed E-state index contributed by atoms with van der Waals surface area (Å²) in [6.07, 6.45) is 3.70. The Morgan fingerprint density at radius 2 is 2.11 bits per heavy atom. The van der Waals surface area contributed by atoms with E-state index < -0.39 is 0 Å². The second-order valence-corrected chi connectivity index (χ2v) is 5.69. The molecule has 3 unspecified atom stereocenters. The summed E-state index contributed by atoms with van der Waals surface area (Å²) in [6.45, 7) is 6.50. The molecule has 18 heavy (non-hydrogen) atoms. The van der Waals surface area contributed by atoms with E-state index >= 15 is 0 Å². The highest BCUT2D eigenvalue weighted by atomic mass is 15.3. The molecule has 1 aromatic heterocycles. The van der Waals surface area contributed by atoms with Gasteiger partial charge in [-0.3, -0.25) is 4.68 Å². The first-order valence-corrected chi connectivity index (χ1v) is 6.73. The topological polar surface area (TPSA) is 53.6 Å². The molecule has 0 aromatic carbocycles. The monoisotopic (exact) mass is 246 g/mol. The zero-order valence-corrected chi connectivity index (χ0v) is 11.7. The van der Waals surface area contributed by atoms with Gasteiger partial charge in [0.25, 0.3) is 0 Å². The van der Waals surface area contributed by atoms with Gasteiger partial charge in [-0.2, -0.15) is 10.4 Å². The van der Waals surface area contributed by atoms with Gasteiger partial charge in [-0.15, -0.1) is 0 Å². The van der Waals surface area contributed by atoms with E-state index in [2.05, 4.69) is 30.3 Å². The Morgan fingerprint density at radius 3 is 2.72 bits per heavy atom. The van der Waals surface area contributed by atoms with E-state index in [1.165, 1.54) is 19.3 Å². The van der Waals surface area contributed by atoms with Crippen LogP contribution < -0.4 is 5.32 Å². The number of aryl methyl sites for hydroxylation is 2. The van der Waals surface area contributed by atoms with Crippen LogP contribution in [0.3, 0.4) is 0 Å². The summed E-state index contributed by atoms with van der Waals surface area (Å²) < 4.78 is 1.79. The SMILES string of the molecule is Cc1nn(C)c(NC2CCC(C)CC2C)c1C#N. The third-order valence-corrected chi connectivity index (χ3v) is 4.09. The van der Waals surface area contributed by atoms with Crippen molar-refractivity contribution in [3.8, 4) is 6.07 Å². The lowest BCUT2D eigenvalue weighted by Gasteiger charge is -2.33. The molecule has 4 heteroatoms. The first kappa shape index (κ1) is 12.9. The second-order valence-electron chi connectivity index (χ2n) is 5.69. The number of nitrogens with zero attached hydrogens (tertiary/aromatic N) is 3. The van der Waals surface area contributed by atoms with Gasteiger partial charge in [-0.25, -0.2) is 0 Å². The number of nitrogens with one attached hydrogen (secondary N) is 1. The van der Waals surface area contributed by atoms with Crippen LogP contribution in [-0.2, 0) is 7.05 Å². The van der Waals surface area contributed by atoms with Crippen molar-refractivity contribution in [3.63, 3.8) is 0 Å². The van der Waals surface area contributed by atoms with E-state index in [1.807, 2.05) is 14.0 Å². The molecule has 0 amide bonds. The van der Waals surface area contributed by atoms with Crippen LogP contribution in [0.15, 0.2) is 0 Å². The lowest BCUT2D eigenvalue weighted by atomic mass is 9.80. The zero-order chi connectivity index (χ0) is 13.3. The highest BCUT2D eigenvalue weighted by molar-refractivity contribution is 5.55. The molecule has 0 bridgehead atoms. The van der Waals surface area contributed by atoms with E-state index in [-0.39, 0.29) is 0 Å². The molecular weight excluding hydrogens is 224 g/mol. The molecule has 98 valence electrons. The molecule has 1 aromatic rings. The van der Waals surface area contributed by atoms with Gasteiger partial charge in [-0.05, 0) is 38.0 Å². The molecule has 0 spiro atoms. The minimum Gasteiger partial charge on any atom is -0.366 e. The smallest absolute Gasteiger partial charge is 0.142 e. The summed E-state index contributed by atoms with van der Waals surface area (Å²) in [5.74, 6) is 2.35. The van der Waals surface area contributed by atoms with Gasteiger partial charge in [0.2, 0.25) is 0 Å². The molecule has 3 atom stereocenters. The van der Waals surface area contributed by atoms with Crippen LogP contribution in [0.25, 0.3) is 0 Å². The Bertz CT molecular complexity index is 469. The van der Waals surface area contributed by atoms with E-state index in [9.17, 15) is 5.26 Å². The number of anilines is 1. The number of hydrogen-bond donors (Lipinski definition) is 1. The van der Waals surface area contributed by atoms with Crippen LogP contribution >= 0.6 is 0 Å². The predicted molar refractivity (Wildman–Crippen MR) is 72.2 cm³/mol. The Labute approximate surface area is 109 Å². The van der Waals surface area contributed by atoms with Crippen molar-refractivity contribution in [2.75, 3.05) is 5.32 Å². The molecule has 1 N–H and O–H groups in total. The zero-order valence-electron chi connectivity index (χ0n) is 11.7. The number of hydrogen-bond acceptors (Lipinski definition) is 3. The normalized spacial score (nSPS) is 27.8. The van der Waals surface area contributed by atoms with Crippen molar-refractivity contribution < 1.29 is 0 Å². The molecule has 4 nitrogen and oxygen atoms in total.